The summed E-state index contributed by atoms with van der Waals surface area (Å²) in [5.74, 6) is -0.934. The lowest BCUT2D eigenvalue weighted by Crippen LogP contribution is -2.30. The van der Waals surface area contributed by atoms with E-state index in [0.717, 1.165) is 37.5 Å². The van der Waals surface area contributed by atoms with Crippen LogP contribution in [0.5, 0.6) is 5.75 Å². The Morgan fingerprint density at radius 2 is 1.57 bits per heavy atom. The number of methoxy groups -OCH3 is 1. The van der Waals surface area contributed by atoms with Crippen molar-refractivity contribution in [2.24, 2.45) is 17.8 Å². The van der Waals surface area contributed by atoms with E-state index in [2.05, 4.69) is 6.92 Å². The number of ether oxygens (including phenoxy) is 2. The Labute approximate surface area is 166 Å². The summed E-state index contributed by atoms with van der Waals surface area (Å²) >= 11 is 0. The van der Waals surface area contributed by atoms with Gasteiger partial charge >= 0.3 is 5.97 Å². The standard InChI is InChI=1S/C23H32F2O3/c1-3-4-15-5-7-16(8-6-15)17-9-11-18(12-10-17)28-23(26)19-13-14-20(27-2)22(25)21(19)24/h13-18H,3-12H2,1-2H3/t15-,16-,17?,18?. The van der Waals surface area contributed by atoms with Gasteiger partial charge in [0, 0.05) is 0 Å². The zero-order valence-corrected chi connectivity index (χ0v) is 17.0. The molecule has 5 heteroatoms. The quantitative estimate of drug-likeness (QED) is 0.532. The molecule has 2 aliphatic rings. The number of carbonyl (C=O) groups is 1. The van der Waals surface area contributed by atoms with Gasteiger partial charge in [0.2, 0.25) is 5.82 Å². The largest absolute Gasteiger partial charge is 0.494 e. The van der Waals surface area contributed by atoms with E-state index in [1.54, 1.807) is 0 Å². The third-order valence-corrected chi connectivity index (χ3v) is 6.73. The first-order valence-electron chi connectivity index (χ1n) is 10.8. The van der Waals surface area contributed by atoms with Crippen LogP contribution in [0.3, 0.4) is 0 Å². The summed E-state index contributed by atoms with van der Waals surface area (Å²) in [5, 5.41) is 0. The van der Waals surface area contributed by atoms with E-state index in [-0.39, 0.29) is 17.4 Å². The van der Waals surface area contributed by atoms with Crippen molar-refractivity contribution in [3.63, 3.8) is 0 Å². The fourth-order valence-electron chi connectivity index (χ4n) is 5.10. The molecule has 3 rings (SSSR count). The summed E-state index contributed by atoms with van der Waals surface area (Å²) in [7, 11) is 1.25. The molecular weight excluding hydrogens is 362 g/mol. The Kier molecular flexibility index (Phi) is 7.30. The Morgan fingerprint density at radius 1 is 0.964 bits per heavy atom. The summed E-state index contributed by atoms with van der Waals surface area (Å²) in [6, 6.07) is 2.47. The minimum Gasteiger partial charge on any atom is -0.494 e. The zero-order valence-electron chi connectivity index (χ0n) is 17.0. The SMILES string of the molecule is CCC[C@H]1CC[C@H](C2CCC(OC(=O)c3ccc(OC)c(F)c3F)CC2)CC1. The Hall–Kier alpha value is -1.65. The van der Waals surface area contributed by atoms with E-state index in [9.17, 15) is 13.6 Å². The summed E-state index contributed by atoms with van der Waals surface area (Å²) in [4.78, 5) is 12.3. The predicted molar refractivity (Wildman–Crippen MR) is 104 cm³/mol. The average Bonchev–Trinajstić information content (AvgIpc) is 2.71. The van der Waals surface area contributed by atoms with Gasteiger partial charge in [0.05, 0.1) is 12.7 Å². The lowest BCUT2D eigenvalue weighted by molar-refractivity contribution is 0.0104. The van der Waals surface area contributed by atoms with Crippen LogP contribution in [0.1, 0.15) is 81.5 Å². The van der Waals surface area contributed by atoms with Crippen LogP contribution in [0.2, 0.25) is 0 Å². The first kappa shape index (κ1) is 21.1. The van der Waals surface area contributed by atoms with Crippen LogP contribution in [0, 0.1) is 29.4 Å². The van der Waals surface area contributed by atoms with Crippen LogP contribution in [0.25, 0.3) is 0 Å². The van der Waals surface area contributed by atoms with Crippen LogP contribution in [-0.4, -0.2) is 19.2 Å². The van der Waals surface area contributed by atoms with Crippen LogP contribution in [0.4, 0.5) is 8.78 Å². The Balaban J connectivity index is 1.48. The molecule has 0 unspecified atom stereocenters. The molecule has 0 radical (unpaired) electrons. The maximum atomic E-state index is 14.1. The maximum Gasteiger partial charge on any atom is 0.341 e. The monoisotopic (exact) mass is 394 g/mol. The van der Waals surface area contributed by atoms with Gasteiger partial charge in [-0.1, -0.05) is 32.6 Å². The van der Waals surface area contributed by atoms with E-state index >= 15 is 0 Å². The second-order valence-corrected chi connectivity index (χ2v) is 8.45. The second kappa shape index (κ2) is 9.71. The highest BCUT2D eigenvalue weighted by Crippen LogP contribution is 2.41. The van der Waals surface area contributed by atoms with Gasteiger partial charge in [0.1, 0.15) is 6.10 Å². The first-order chi connectivity index (χ1) is 13.5. The molecular formula is C23H32F2O3. The molecule has 2 saturated carbocycles. The summed E-state index contributed by atoms with van der Waals surface area (Å²) in [6.07, 6.45) is 11.5. The van der Waals surface area contributed by atoms with Gasteiger partial charge in [0.25, 0.3) is 0 Å². The van der Waals surface area contributed by atoms with Gasteiger partial charge in [-0.15, -0.1) is 0 Å². The van der Waals surface area contributed by atoms with Gasteiger partial charge in [-0.25, -0.2) is 9.18 Å². The van der Waals surface area contributed by atoms with Gasteiger partial charge < -0.3 is 9.47 Å². The second-order valence-electron chi connectivity index (χ2n) is 8.45. The van der Waals surface area contributed by atoms with Gasteiger partial charge in [0.15, 0.2) is 11.6 Å². The molecule has 3 nitrogen and oxygen atoms in total. The normalized spacial score (nSPS) is 28.0. The molecule has 28 heavy (non-hydrogen) atoms. The summed E-state index contributed by atoms with van der Waals surface area (Å²) in [6.45, 7) is 2.26. The van der Waals surface area contributed by atoms with Crippen molar-refractivity contribution in [3.8, 4) is 5.75 Å². The molecule has 2 aliphatic carbocycles. The average molecular weight is 395 g/mol. The molecule has 0 aromatic heterocycles. The fraction of sp³-hybridized carbons (Fsp3) is 0.696. The van der Waals surface area contributed by atoms with Crippen LogP contribution in [-0.2, 0) is 4.74 Å². The molecule has 0 amide bonds. The van der Waals surface area contributed by atoms with E-state index in [1.165, 1.54) is 57.8 Å². The third kappa shape index (κ3) is 4.84. The first-order valence-corrected chi connectivity index (χ1v) is 10.8. The van der Waals surface area contributed by atoms with Gasteiger partial charge in [-0.2, -0.15) is 4.39 Å². The fourth-order valence-corrected chi connectivity index (χ4v) is 5.10. The van der Waals surface area contributed by atoms with E-state index in [4.69, 9.17) is 9.47 Å². The van der Waals surface area contributed by atoms with Crippen molar-refractivity contribution in [1.29, 1.82) is 0 Å². The molecule has 0 bridgehead atoms. The number of hydrogen-bond acceptors (Lipinski definition) is 3. The number of halogens is 2. The van der Waals surface area contributed by atoms with Crippen molar-refractivity contribution in [3.05, 3.63) is 29.3 Å². The lowest BCUT2D eigenvalue weighted by Gasteiger charge is -2.37. The number of esters is 1. The summed E-state index contributed by atoms with van der Waals surface area (Å²) < 4.78 is 38.1. The zero-order chi connectivity index (χ0) is 20.1. The van der Waals surface area contributed by atoms with Crippen molar-refractivity contribution in [1.82, 2.24) is 0 Å². The smallest absolute Gasteiger partial charge is 0.341 e. The molecule has 0 saturated heterocycles. The molecule has 1 aromatic carbocycles. The van der Waals surface area contributed by atoms with E-state index in [1.807, 2.05) is 0 Å². The highest BCUT2D eigenvalue weighted by atomic mass is 19.2. The number of rotatable bonds is 6. The molecule has 2 fully saturated rings. The minimum absolute atomic E-state index is 0.204. The highest BCUT2D eigenvalue weighted by molar-refractivity contribution is 5.90. The Morgan fingerprint density at radius 3 is 2.14 bits per heavy atom. The van der Waals surface area contributed by atoms with Crippen molar-refractivity contribution in [2.45, 2.75) is 77.2 Å². The topological polar surface area (TPSA) is 35.5 Å². The van der Waals surface area contributed by atoms with Crippen LogP contribution in [0.15, 0.2) is 12.1 Å². The van der Waals surface area contributed by atoms with Gasteiger partial charge in [-0.05, 0) is 68.4 Å². The van der Waals surface area contributed by atoms with E-state index < -0.39 is 17.6 Å². The lowest BCUT2D eigenvalue weighted by atomic mass is 9.70. The molecule has 1 aromatic rings. The molecule has 0 aliphatic heterocycles. The van der Waals surface area contributed by atoms with Crippen molar-refractivity contribution >= 4 is 5.97 Å². The molecule has 0 heterocycles. The Bertz CT molecular complexity index is 660. The third-order valence-electron chi connectivity index (χ3n) is 6.73. The maximum absolute atomic E-state index is 14.1. The molecule has 156 valence electrons. The van der Waals surface area contributed by atoms with Gasteiger partial charge in [-0.3, -0.25) is 0 Å². The number of benzene rings is 1. The number of hydrogen-bond donors (Lipinski definition) is 0. The van der Waals surface area contributed by atoms with E-state index in [0.29, 0.717) is 5.92 Å². The summed E-state index contributed by atoms with van der Waals surface area (Å²) in [5.41, 5.74) is -0.366. The van der Waals surface area contributed by atoms with Crippen molar-refractivity contribution in [2.75, 3.05) is 7.11 Å². The molecule has 0 spiro atoms. The predicted octanol–water partition coefficient (Wildman–Crippen LogP) is 6.30. The minimum atomic E-state index is -1.21. The molecule has 0 atom stereocenters. The van der Waals surface area contributed by atoms with Crippen LogP contribution < -0.4 is 4.74 Å². The highest BCUT2D eigenvalue weighted by Gasteiger charge is 2.32. The molecule has 0 N–H and O–H groups in total. The number of carbonyl (C=O) groups excluding carboxylic acids is 1. The van der Waals surface area contributed by atoms with Crippen LogP contribution >= 0.6 is 0 Å². The van der Waals surface area contributed by atoms with Crippen molar-refractivity contribution < 1.29 is 23.0 Å².